The number of carbonyl (C=O) groups excluding carboxylic acids is 1. The predicted molar refractivity (Wildman–Crippen MR) is 84.3 cm³/mol. The van der Waals surface area contributed by atoms with Crippen LogP contribution < -0.4 is 0 Å². The Morgan fingerprint density at radius 1 is 1.45 bits per heavy atom. The van der Waals surface area contributed by atoms with Gasteiger partial charge in [-0.25, -0.2) is 4.98 Å². The van der Waals surface area contributed by atoms with Gasteiger partial charge >= 0.3 is 0 Å². The molecule has 0 bridgehead atoms. The first kappa shape index (κ1) is 15.3. The number of rotatable bonds is 7. The van der Waals surface area contributed by atoms with E-state index in [1.807, 2.05) is 31.2 Å². The molecule has 0 fully saturated rings. The van der Waals surface area contributed by atoms with Gasteiger partial charge in [-0.2, -0.15) is 0 Å². The Balaban J connectivity index is 1.91. The number of nitrogens with zero attached hydrogens (tertiary/aromatic N) is 2. The number of aliphatic hydroxyl groups excluding tert-OH is 1. The van der Waals surface area contributed by atoms with Crippen molar-refractivity contribution in [1.29, 1.82) is 0 Å². The maximum atomic E-state index is 12.1. The first-order chi connectivity index (χ1) is 9.74. The normalized spacial score (nSPS) is 10.9. The van der Waals surface area contributed by atoms with Crippen molar-refractivity contribution in [3.05, 3.63) is 24.3 Å². The average molecular weight is 310 g/mol. The molecule has 0 unspecified atom stereocenters. The number of para-hydroxylation sites is 1. The fraction of sp³-hybridized carbons (Fsp3) is 0.429. The monoisotopic (exact) mass is 310 g/mol. The summed E-state index contributed by atoms with van der Waals surface area (Å²) in [6.07, 6.45) is 0.630. The van der Waals surface area contributed by atoms with Crippen molar-refractivity contribution in [2.45, 2.75) is 17.7 Å². The summed E-state index contributed by atoms with van der Waals surface area (Å²) in [6.45, 7) is 3.37. The SMILES string of the molecule is CCN(CCCO)C(=O)CSc1nc2ccccc2s1. The van der Waals surface area contributed by atoms with Crippen LogP contribution in [0.25, 0.3) is 10.2 Å². The Morgan fingerprint density at radius 3 is 2.95 bits per heavy atom. The lowest BCUT2D eigenvalue weighted by Gasteiger charge is -2.19. The molecule has 0 radical (unpaired) electrons. The van der Waals surface area contributed by atoms with E-state index in [1.54, 1.807) is 16.2 Å². The molecular formula is C14H18N2O2S2. The van der Waals surface area contributed by atoms with Crippen molar-refractivity contribution in [3.8, 4) is 0 Å². The van der Waals surface area contributed by atoms with E-state index in [4.69, 9.17) is 5.11 Å². The summed E-state index contributed by atoms with van der Waals surface area (Å²) in [5.74, 6) is 0.504. The minimum absolute atomic E-state index is 0.102. The number of thiazole rings is 1. The molecule has 2 rings (SSSR count). The van der Waals surface area contributed by atoms with Crippen molar-refractivity contribution < 1.29 is 9.90 Å². The van der Waals surface area contributed by atoms with Crippen molar-refractivity contribution in [1.82, 2.24) is 9.88 Å². The molecule has 1 aromatic heterocycles. The third kappa shape index (κ3) is 3.94. The number of aliphatic hydroxyl groups is 1. The molecule has 1 heterocycles. The average Bonchev–Trinajstić information content (AvgIpc) is 2.88. The Hall–Kier alpha value is -1.11. The van der Waals surface area contributed by atoms with Crippen LogP contribution in [0.5, 0.6) is 0 Å². The Labute approximate surface area is 126 Å². The minimum atomic E-state index is 0.102. The molecule has 0 saturated carbocycles. The van der Waals surface area contributed by atoms with Crippen LogP contribution in [0, 0.1) is 0 Å². The lowest BCUT2D eigenvalue weighted by atomic mass is 10.3. The van der Waals surface area contributed by atoms with Gasteiger partial charge in [0.25, 0.3) is 0 Å². The lowest BCUT2D eigenvalue weighted by Crippen LogP contribution is -2.33. The Kier molecular flexibility index (Phi) is 5.82. The lowest BCUT2D eigenvalue weighted by molar-refractivity contribution is -0.128. The molecule has 4 nitrogen and oxygen atoms in total. The first-order valence-corrected chi connectivity index (χ1v) is 8.41. The number of aromatic nitrogens is 1. The van der Waals surface area contributed by atoms with Crippen LogP contribution in [0.4, 0.5) is 0 Å². The van der Waals surface area contributed by atoms with Crippen LogP contribution in [-0.2, 0) is 4.79 Å². The largest absolute Gasteiger partial charge is 0.396 e. The molecular weight excluding hydrogens is 292 g/mol. The molecule has 2 aromatic rings. The van der Waals surface area contributed by atoms with Gasteiger partial charge in [-0.15, -0.1) is 11.3 Å². The van der Waals surface area contributed by atoms with Crippen LogP contribution >= 0.6 is 23.1 Å². The summed E-state index contributed by atoms with van der Waals surface area (Å²) in [7, 11) is 0. The zero-order valence-electron chi connectivity index (χ0n) is 11.4. The number of amides is 1. The van der Waals surface area contributed by atoms with Crippen LogP contribution in [0.2, 0.25) is 0 Å². The molecule has 0 saturated heterocycles. The summed E-state index contributed by atoms with van der Waals surface area (Å²) in [6, 6.07) is 7.99. The highest BCUT2D eigenvalue weighted by atomic mass is 32.2. The second-order valence-electron chi connectivity index (χ2n) is 4.29. The van der Waals surface area contributed by atoms with E-state index in [2.05, 4.69) is 4.98 Å². The number of hydrogen-bond acceptors (Lipinski definition) is 5. The number of thioether (sulfide) groups is 1. The van der Waals surface area contributed by atoms with Gasteiger partial charge in [0, 0.05) is 19.7 Å². The topological polar surface area (TPSA) is 53.4 Å². The van der Waals surface area contributed by atoms with Gasteiger partial charge in [0.05, 0.1) is 16.0 Å². The van der Waals surface area contributed by atoms with E-state index in [0.29, 0.717) is 25.3 Å². The number of benzene rings is 1. The van der Waals surface area contributed by atoms with Gasteiger partial charge in [0.2, 0.25) is 5.91 Å². The maximum absolute atomic E-state index is 12.1. The van der Waals surface area contributed by atoms with Gasteiger partial charge in [-0.3, -0.25) is 4.79 Å². The van der Waals surface area contributed by atoms with Crippen LogP contribution in [-0.4, -0.2) is 46.3 Å². The fourth-order valence-electron chi connectivity index (χ4n) is 1.85. The highest BCUT2D eigenvalue weighted by molar-refractivity contribution is 8.01. The zero-order valence-corrected chi connectivity index (χ0v) is 13.0. The summed E-state index contributed by atoms with van der Waals surface area (Å²) >= 11 is 3.10. The van der Waals surface area contributed by atoms with Crippen molar-refractivity contribution >= 4 is 39.2 Å². The quantitative estimate of drug-likeness (QED) is 0.799. The number of carbonyl (C=O) groups is 1. The molecule has 1 aromatic carbocycles. The first-order valence-electron chi connectivity index (χ1n) is 6.61. The minimum Gasteiger partial charge on any atom is -0.396 e. The molecule has 1 N–H and O–H groups in total. The van der Waals surface area contributed by atoms with Crippen molar-refractivity contribution in [2.24, 2.45) is 0 Å². The Morgan fingerprint density at radius 2 is 2.25 bits per heavy atom. The van der Waals surface area contributed by atoms with E-state index in [1.165, 1.54) is 11.8 Å². The summed E-state index contributed by atoms with van der Waals surface area (Å²) in [5.41, 5.74) is 0.986. The predicted octanol–water partition coefficient (Wildman–Crippen LogP) is 2.62. The molecule has 20 heavy (non-hydrogen) atoms. The molecule has 1 amide bonds. The second kappa shape index (κ2) is 7.61. The van der Waals surface area contributed by atoms with E-state index < -0.39 is 0 Å². The van der Waals surface area contributed by atoms with E-state index >= 15 is 0 Å². The van der Waals surface area contributed by atoms with E-state index in [9.17, 15) is 4.79 Å². The maximum Gasteiger partial charge on any atom is 0.233 e. The van der Waals surface area contributed by atoms with Gasteiger partial charge in [0.1, 0.15) is 0 Å². The molecule has 0 aliphatic rings. The highest BCUT2D eigenvalue weighted by Crippen LogP contribution is 2.29. The van der Waals surface area contributed by atoms with Gasteiger partial charge in [0.15, 0.2) is 4.34 Å². The van der Waals surface area contributed by atoms with E-state index in [0.717, 1.165) is 14.6 Å². The number of hydrogen-bond donors (Lipinski definition) is 1. The Bertz CT molecular complexity index is 538. The van der Waals surface area contributed by atoms with Gasteiger partial charge in [-0.05, 0) is 25.5 Å². The van der Waals surface area contributed by atoms with Crippen molar-refractivity contribution in [2.75, 3.05) is 25.4 Å². The fourth-order valence-corrected chi connectivity index (χ4v) is 3.82. The van der Waals surface area contributed by atoms with Crippen LogP contribution in [0.3, 0.4) is 0 Å². The van der Waals surface area contributed by atoms with Crippen molar-refractivity contribution in [3.63, 3.8) is 0 Å². The second-order valence-corrected chi connectivity index (χ2v) is 6.54. The summed E-state index contributed by atoms with van der Waals surface area (Å²) in [5, 5.41) is 8.83. The summed E-state index contributed by atoms with van der Waals surface area (Å²) < 4.78 is 2.08. The molecule has 0 atom stereocenters. The zero-order chi connectivity index (χ0) is 14.4. The third-order valence-corrected chi connectivity index (χ3v) is 5.08. The summed E-state index contributed by atoms with van der Waals surface area (Å²) in [4.78, 5) is 18.3. The molecule has 6 heteroatoms. The number of fused-ring (bicyclic) bond motifs is 1. The molecule has 0 aliphatic heterocycles. The molecule has 0 aliphatic carbocycles. The smallest absolute Gasteiger partial charge is 0.233 e. The third-order valence-electron chi connectivity index (χ3n) is 2.91. The molecule has 108 valence electrons. The van der Waals surface area contributed by atoms with Gasteiger partial charge in [-0.1, -0.05) is 23.9 Å². The molecule has 0 spiro atoms. The van der Waals surface area contributed by atoms with E-state index in [-0.39, 0.29) is 12.5 Å². The van der Waals surface area contributed by atoms with Gasteiger partial charge < -0.3 is 10.0 Å². The highest BCUT2D eigenvalue weighted by Gasteiger charge is 2.13. The standard InChI is InChI=1S/C14H18N2O2S2/c1-2-16(8-5-9-17)13(18)10-19-14-15-11-6-3-4-7-12(11)20-14/h3-4,6-7,17H,2,5,8-10H2,1H3. The van der Waals surface area contributed by atoms with Crippen LogP contribution in [0.15, 0.2) is 28.6 Å². The van der Waals surface area contributed by atoms with Crippen LogP contribution in [0.1, 0.15) is 13.3 Å².